The fourth-order valence-corrected chi connectivity index (χ4v) is 1.74. The molecule has 2 aromatic rings. The molecule has 0 fully saturated rings. The van der Waals surface area contributed by atoms with E-state index in [0.717, 1.165) is 29.3 Å². The number of fused-ring (bicyclic) bond motifs is 1. The van der Waals surface area contributed by atoms with E-state index in [-0.39, 0.29) is 6.10 Å². The lowest BCUT2D eigenvalue weighted by atomic mass is 10.0. The number of hydrogen-bond donors (Lipinski definition) is 1. The van der Waals surface area contributed by atoms with E-state index in [2.05, 4.69) is 11.9 Å². The number of aliphatic hydroxyl groups excluding tert-OH is 1. The van der Waals surface area contributed by atoms with Gasteiger partial charge < -0.3 is 5.11 Å². The molecule has 0 spiro atoms. The van der Waals surface area contributed by atoms with Crippen molar-refractivity contribution in [3.05, 3.63) is 42.1 Å². The molecule has 1 aromatic heterocycles. The number of hydrogen-bond acceptors (Lipinski definition) is 2. The van der Waals surface area contributed by atoms with Gasteiger partial charge in [-0.05, 0) is 30.2 Å². The summed E-state index contributed by atoms with van der Waals surface area (Å²) in [4.78, 5) is 4.25. The highest BCUT2D eigenvalue weighted by Crippen LogP contribution is 2.21. The van der Waals surface area contributed by atoms with E-state index in [1.54, 1.807) is 6.20 Å². The van der Waals surface area contributed by atoms with Crippen LogP contribution in [0.25, 0.3) is 10.9 Å². The van der Waals surface area contributed by atoms with Gasteiger partial charge in [-0.15, -0.1) is 0 Å². The highest BCUT2D eigenvalue weighted by atomic mass is 16.3. The Labute approximate surface area is 89.6 Å². The summed E-state index contributed by atoms with van der Waals surface area (Å²) in [6.45, 7) is 2.08. The van der Waals surface area contributed by atoms with Gasteiger partial charge in [0.05, 0.1) is 11.6 Å². The minimum atomic E-state index is -0.348. The third-order valence-corrected chi connectivity index (χ3v) is 2.57. The molecule has 2 nitrogen and oxygen atoms in total. The Balaban J connectivity index is 2.38. The van der Waals surface area contributed by atoms with Crippen molar-refractivity contribution in [3.8, 4) is 0 Å². The zero-order valence-electron chi connectivity index (χ0n) is 8.85. The first-order valence-corrected chi connectivity index (χ1v) is 5.34. The van der Waals surface area contributed by atoms with Crippen LogP contribution in [-0.2, 0) is 0 Å². The van der Waals surface area contributed by atoms with Gasteiger partial charge in [0, 0.05) is 11.6 Å². The zero-order chi connectivity index (χ0) is 10.7. The number of aliphatic hydroxyl groups is 1. The first-order valence-electron chi connectivity index (χ1n) is 5.34. The average Bonchev–Trinajstić information content (AvgIpc) is 2.29. The fourth-order valence-electron chi connectivity index (χ4n) is 1.74. The van der Waals surface area contributed by atoms with Gasteiger partial charge in [-0.1, -0.05) is 25.5 Å². The summed E-state index contributed by atoms with van der Waals surface area (Å²) < 4.78 is 0. The van der Waals surface area contributed by atoms with E-state index < -0.39 is 0 Å². The summed E-state index contributed by atoms with van der Waals surface area (Å²) in [6.07, 6.45) is 3.24. The van der Waals surface area contributed by atoms with Crippen LogP contribution < -0.4 is 0 Å². The molecular weight excluding hydrogens is 186 g/mol. The molecule has 0 saturated carbocycles. The molecule has 0 aliphatic rings. The second kappa shape index (κ2) is 4.41. The van der Waals surface area contributed by atoms with Crippen LogP contribution in [0.2, 0.25) is 0 Å². The van der Waals surface area contributed by atoms with Crippen LogP contribution in [-0.4, -0.2) is 10.1 Å². The van der Waals surface area contributed by atoms with Crippen molar-refractivity contribution in [1.82, 2.24) is 4.98 Å². The summed E-state index contributed by atoms with van der Waals surface area (Å²) in [5, 5.41) is 10.9. The van der Waals surface area contributed by atoms with Crippen molar-refractivity contribution >= 4 is 10.9 Å². The minimum absolute atomic E-state index is 0.348. The van der Waals surface area contributed by atoms with Crippen molar-refractivity contribution < 1.29 is 5.11 Å². The molecular formula is C13H15NO. The molecule has 1 aromatic carbocycles. The van der Waals surface area contributed by atoms with Gasteiger partial charge in [0.15, 0.2) is 0 Å². The van der Waals surface area contributed by atoms with Gasteiger partial charge >= 0.3 is 0 Å². The van der Waals surface area contributed by atoms with E-state index in [1.165, 1.54) is 0 Å². The van der Waals surface area contributed by atoms with Gasteiger partial charge in [0.2, 0.25) is 0 Å². The summed E-state index contributed by atoms with van der Waals surface area (Å²) in [5.41, 5.74) is 1.96. The lowest BCUT2D eigenvalue weighted by Crippen LogP contribution is -1.96. The van der Waals surface area contributed by atoms with Gasteiger partial charge in [-0.3, -0.25) is 4.98 Å². The molecule has 0 saturated heterocycles. The second-order valence-corrected chi connectivity index (χ2v) is 3.76. The van der Waals surface area contributed by atoms with E-state index in [0.29, 0.717) is 0 Å². The average molecular weight is 201 g/mol. The number of benzene rings is 1. The van der Waals surface area contributed by atoms with E-state index >= 15 is 0 Å². The molecule has 0 bridgehead atoms. The normalized spacial score (nSPS) is 12.9. The maximum absolute atomic E-state index is 9.86. The molecule has 15 heavy (non-hydrogen) atoms. The van der Waals surface area contributed by atoms with Crippen LogP contribution in [0.4, 0.5) is 0 Å². The maximum Gasteiger partial charge on any atom is 0.0790 e. The molecule has 0 radical (unpaired) electrons. The standard InChI is InChI=1S/C13H15NO/c1-2-4-13(15)11-6-7-12-10(9-11)5-3-8-14-12/h3,5-9,13,15H,2,4H2,1H3. The smallest absolute Gasteiger partial charge is 0.0790 e. The third kappa shape index (κ3) is 2.16. The highest BCUT2D eigenvalue weighted by Gasteiger charge is 2.06. The Kier molecular flexibility index (Phi) is 2.97. The molecule has 0 amide bonds. The molecule has 1 atom stereocenters. The Bertz CT molecular complexity index is 453. The van der Waals surface area contributed by atoms with E-state index in [4.69, 9.17) is 0 Å². The Morgan fingerprint density at radius 1 is 1.33 bits per heavy atom. The van der Waals surface area contributed by atoms with Gasteiger partial charge in [0.25, 0.3) is 0 Å². The van der Waals surface area contributed by atoms with Crippen molar-refractivity contribution in [2.24, 2.45) is 0 Å². The number of aromatic nitrogens is 1. The van der Waals surface area contributed by atoms with Gasteiger partial charge in [-0.25, -0.2) is 0 Å². The number of rotatable bonds is 3. The molecule has 1 unspecified atom stereocenters. The topological polar surface area (TPSA) is 33.1 Å². The second-order valence-electron chi connectivity index (χ2n) is 3.76. The first kappa shape index (κ1) is 10.1. The van der Waals surface area contributed by atoms with Crippen molar-refractivity contribution in [3.63, 3.8) is 0 Å². The van der Waals surface area contributed by atoms with Crippen LogP contribution in [0, 0.1) is 0 Å². The molecule has 1 heterocycles. The first-order chi connectivity index (χ1) is 7.31. The largest absolute Gasteiger partial charge is 0.388 e. The minimum Gasteiger partial charge on any atom is -0.388 e. The van der Waals surface area contributed by atoms with Gasteiger partial charge in [-0.2, -0.15) is 0 Å². The predicted molar refractivity (Wildman–Crippen MR) is 61.6 cm³/mol. The molecule has 2 heteroatoms. The molecule has 0 aliphatic heterocycles. The molecule has 78 valence electrons. The SMILES string of the molecule is CCCC(O)c1ccc2ncccc2c1. The number of pyridine rings is 1. The monoisotopic (exact) mass is 201 g/mol. The lowest BCUT2D eigenvalue weighted by Gasteiger charge is -2.10. The van der Waals surface area contributed by atoms with Crippen LogP contribution >= 0.6 is 0 Å². The van der Waals surface area contributed by atoms with Crippen LogP contribution in [0.1, 0.15) is 31.4 Å². The van der Waals surface area contributed by atoms with Crippen molar-refractivity contribution in [2.75, 3.05) is 0 Å². The van der Waals surface area contributed by atoms with Crippen LogP contribution in [0.15, 0.2) is 36.5 Å². The Hall–Kier alpha value is -1.41. The van der Waals surface area contributed by atoms with Crippen molar-refractivity contribution in [1.29, 1.82) is 0 Å². The van der Waals surface area contributed by atoms with Crippen molar-refractivity contribution in [2.45, 2.75) is 25.9 Å². The Morgan fingerprint density at radius 3 is 3.00 bits per heavy atom. The Morgan fingerprint density at radius 2 is 2.20 bits per heavy atom. The quantitative estimate of drug-likeness (QED) is 0.827. The summed E-state index contributed by atoms with van der Waals surface area (Å²) in [5.74, 6) is 0. The molecule has 2 rings (SSSR count). The molecule has 1 N–H and O–H groups in total. The van der Waals surface area contributed by atoms with E-state index in [1.807, 2.05) is 30.3 Å². The predicted octanol–water partition coefficient (Wildman–Crippen LogP) is 3.07. The number of nitrogens with zero attached hydrogens (tertiary/aromatic N) is 1. The molecule has 0 aliphatic carbocycles. The maximum atomic E-state index is 9.86. The zero-order valence-corrected chi connectivity index (χ0v) is 8.85. The summed E-state index contributed by atoms with van der Waals surface area (Å²) >= 11 is 0. The van der Waals surface area contributed by atoms with Gasteiger partial charge in [0.1, 0.15) is 0 Å². The highest BCUT2D eigenvalue weighted by molar-refractivity contribution is 5.78. The third-order valence-electron chi connectivity index (χ3n) is 2.57. The van der Waals surface area contributed by atoms with E-state index in [9.17, 15) is 5.11 Å². The lowest BCUT2D eigenvalue weighted by molar-refractivity contribution is 0.166. The van der Waals surface area contributed by atoms with Crippen LogP contribution in [0.5, 0.6) is 0 Å². The van der Waals surface area contributed by atoms with Crippen LogP contribution in [0.3, 0.4) is 0 Å². The fraction of sp³-hybridized carbons (Fsp3) is 0.308. The summed E-state index contributed by atoms with van der Waals surface area (Å²) in [7, 11) is 0. The summed E-state index contributed by atoms with van der Waals surface area (Å²) in [6, 6.07) is 9.87.